The summed E-state index contributed by atoms with van der Waals surface area (Å²) < 4.78 is 27.0. The maximum Gasteiger partial charge on any atom is 0.241 e. The molecule has 1 aliphatic rings. The molecule has 0 heterocycles. The molecule has 0 radical (unpaired) electrons. The predicted molar refractivity (Wildman–Crippen MR) is 95.3 cm³/mol. The lowest BCUT2D eigenvalue weighted by Crippen LogP contribution is -2.37. The average molecular weight is 350 g/mol. The van der Waals surface area contributed by atoms with Gasteiger partial charge >= 0.3 is 0 Å². The first-order chi connectivity index (χ1) is 11.4. The molecule has 2 N–H and O–H groups in total. The van der Waals surface area contributed by atoms with Crippen LogP contribution in [0.15, 0.2) is 34.7 Å². The SMILES string of the molecule is Cc1ccc(C)c(S(=O)(=O)NCC(=O)NCCC2=CCCCC2)c1. The quantitative estimate of drug-likeness (QED) is 0.742. The van der Waals surface area contributed by atoms with Gasteiger partial charge < -0.3 is 5.32 Å². The second kappa shape index (κ2) is 8.44. The van der Waals surface area contributed by atoms with E-state index in [1.165, 1.54) is 18.4 Å². The summed E-state index contributed by atoms with van der Waals surface area (Å²) in [4.78, 5) is 12.1. The van der Waals surface area contributed by atoms with Gasteiger partial charge in [-0.2, -0.15) is 0 Å². The van der Waals surface area contributed by atoms with Gasteiger partial charge in [-0.15, -0.1) is 0 Å². The molecule has 0 unspecified atom stereocenters. The van der Waals surface area contributed by atoms with E-state index in [2.05, 4.69) is 16.1 Å². The van der Waals surface area contributed by atoms with Crippen LogP contribution in [-0.4, -0.2) is 27.4 Å². The van der Waals surface area contributed by atoms with Crippen LogP contribution in [-0.2, 0) is 14.8 Å². The number of carbonyl (C=O) groups is 1. The Labute approximate surface area is 144 Å². The highest BCUT2D eigenvalue weighted by Crippen LogP contribution is 2.19. The van der Waals surface area contributed by atoms with Gasteiger partial charge in [0, 0.05) is 6.54 Å². The first-order valence-corrected chi connectivity index (χ1v) is 9.88. The Hall–Kier alpha value is -1.66. The van der Waals surface area contributed by atoms with Crippen LogP contribution in [0.1, 0.15) is 43.2 Å². The zero-order chi connectivity index (χ0) is 17.6. The van der Waals surface area contributed by atoms with Crippen molar-refractivity contribution in [2.45, 2.75) is 50.8 Å². The number of nitrogens with one attached hydrogen (secondary N) is 2. The summed E-state index contributed by atoms with van der Waals surface area (Å²) in [5.41, 5.74) is 2.92. The van der Waals surface area contributed by atoms with Gasteiger partial charge in [0.1, 0.15) is 0 Å². The van der Waals surface area contributed by atoms with Crippen molar-refractivity contribution in [2.75, 3.05) is 13.1 Å². The molecule has 0 atom stereocenters. The lowest BCUT2D eigenvalue weighted by atomic mass is 9.97. The molecule has 0 aliphatic heterocycles. The van der Waals surface area contributed by atoms with E-state index in [0.717, 1.165) is 24.8 Å². The topological polar surface area (TPSA) is 75.3 Å². The Morgan fingerprint density at radius 3 is 2.71 bits per heavy atom. The van der Waals surface area contributed by atoms with E-state index >= 15 is 0 Å². The van der Waals surface area contributed by atoms with Gasteiger partial charge in [-0.25, -0.2) is 13.1 Å². The second-order valence-corrected chi connectivity index (χ2v) is 8.04. The van der Waals surface area contributed by atoms with Crippen LogP contribution in [0, 0.1) is 13.8 Å². The van der Waals surface area contributed by atoms with E-state index in [9.17, 15) is 13.2 Å². The number of aryl methyl sites for hydroxylation is 2. The number of amides is 1. The highest BCUT2D eigenvalue weighted by atomic mass is 32.2. The fourth-order valence-electron chi connectivity index (χ4n) is 2.79. The maximum absolute atomic E-state index is 12.3. The molecule has 1 aromatic carbocycles. The lowest BCUT2D eigenvalue weighted by Gasteiger charge is -2.13. The molecule has 5 nitrogen and oxygen atoms in total. The van der Waals surface area contributed by atoms with Crippen LogP contribution in [0.25, 0.3) is 0 Å². The first-order valence-electron chi connectivity index (χ1n) is 8.40. The number of carbonyl (C=O) groups excluding carboxylic acids is 1. The minimum absolute atomic E-state index is 0.225. The zero-order valence-corrected chi connectivity index (χ0v) is 15.2. The minimum atomic E-state index is -3.68. The second-order valence-electron chi connectivity index (χ2n) is 6.30. The minimum Gasteiger partial charge on any atom is -0.355 e. The van der Waals surface area contributed by atoms with Crippen LogP contribution in [0.2, 0.25) is 0 Å². The average Bonchev–Trinajstić information content (AvgIpc) is 2.56. The first kappa shape index (κ1) is 18.7. The van der Waals surface area contributed by atoms with Gasteiger partial charge in [0.2, 0.25) is 15.9 Å². The van der Waals surface area contributed by atoms with E-state index in [1.54, 1.807) is 19.1 Å². The fourth-order valence-corrected chi connectivity index (χ4v) is 4.10. The molecular formula is C18H26N2O3S. The van der Waals surface area contributed by atoms with Crippen molar-refractivity contribution in [3.63, 3.8) is 0 Å². The van der Waals surface area contributed by atoms with Gasteiger partial charge in [-0.3, -0.25) is 4.79 Å². The highest BCUT2D eigenvalue weighted by molar-refractivity contribution is 7.89. The van der Waals surface area contributed by atoms with Crippen LogP contribution in [0.5, 0.6) is 0 Å². The highest BCUT2D eigenvalue weighted by Gasteiger charge is 2.18. The van der Waals surface area contributed by atoms with Crippen molar-refractivity contribution in [2.24, 2.45) is 0 Å². The van der Waals surface area contributed by atoms with Gasteiger partial charge in [-0.05, 0) is 63.1 Å². The molecule has 0 aromatic heterocycles. The smallest absolute Gasteiger partial charge is 0.241 e. The number of allylic oxidation sites excluding steroid dienone is 1. The summed E-state index contributed by atoms with van der Waals surface area (Å²) in [6.07, 6.45) is 7.79. The Kier molecular flexibility index (Phi) is 6.57. The molecule has 1 aromatic rings. The van der Waals surface area contributed by atoms with Crippen molar-refractivity contribution < 1.29 is 13.2 Å². The summed E-state index contributed by atoms with van der Waals surface area (Å²) in [6, 6.07) is 5.24. The molecule has 0 saturated carbocycles. The molecule has 132 valence electrons. The van der Waals surface area contributed by atoms with Gasteiger partial charge in [0.25, 0.3) is 0 Å². The number of benzene rings is 1. The van der Waals surface area contributed by atoms with Gasteiger partial charge in [0.05, 0.1) is 11.4 Å². The normalized spacial score (nSPS) is 15.0. The summed E-state index contributed by atoms with van der Waals surface area (Å²) in [7, 11) is -3.68. The van der Waals surface area contributed by atoms with Crippen LogP contribution in [0.4, 0.5) is 0 Å². The number of sulfonamides is 1. The van der Waals surface area contributed by atoms with Crippen molar-refractivity contribution in [3.8, 4) is 0 Å². The summed E-state index contributed by atoms with van der Waals surface area (Å²) in [6.45, 7) is 3.89. The van der Waals surface area contributed by atoms with E-state index in [4.69, 9.17) is 0 Å². The standard InChI is InChI=1S/C18H26N2O3S/c1-14-8-9-15(2)17(12-14)24(22,23)20-13-18(21)19-11-10-16-6-4-3-5-7-16/h6,8-9,12,20H,3-5,7,10-11,13H2,1-2H3,(H,19,21). The summed E-state index contributed by atoms with van der Waals surface area (Å²) in [5.74, 6) is -0.305. The maximum atomic E-state index is 12.3. The van der Waals surface area contributed by atoms with Crippen molar-refractivity contribution >= 4 is 15.9 Å². The molecule has 0 saturated heterocycles. The molecule has 6 heteroatoms. The third-order valence-electron chi connectivity index (χ3n) is 4.21. The molecular weight excluding hydrogens is 324 g/mol. The lowest BCUT2D eigenvalue weighted by molar-refractivity contribution is -0.119. The number of hydrogen-bond acceptors (Lipinski definition) is 3. The van der Waals surface area contributed by atoms with E-state index in [1.807, 2.05) is 13.0 Å². The van der Waals surface area contributed by atoms with Crippen molar-refractivity contribution in [1.82, 2.24) is 10.0 Å². The van der Waals surface area contributed by atoms with Gasteiger partial charge in [-0.1, -0.05) is 23.8 Å². The Morgan fingerprint density at radius 1 is 1.21 bits per heavy atom. The number of hydrogen-bond donors (Lipinski definition) is 2. The third-order valence-corrected chi connectivity index (χ3v) is 5.75. The van der Waals surface area contributed by atoms with Crippen molar-refractivity contribution in [1.29, 1.82) is 0 Å². The molecule has 1 amide bonds. The molecule has 0 bridgehead atoms. The Balaban J connectivity index is 1.82. The summed E-state index contributed by atoms with van der Waals surface area (Å²) >= 11 is 0. The predicted octanol–water partition coefficient (Wildman–Crippen LogP) is 2.59. The van der Waals surface area contributed by atoms with Crippen molar-refractivity contribution in [3.05, 3.63) is 41.0 Å². The number of rotatable bonds is 7. The largest absolute Gasteiger partial charge is 0.355 e. The van der Waals surface area contributed by atoms with Crippen LogP contribution in [0.3, 0.4) is 0 Å². The molecule has 0 fully saturated rings. The molecule has 2 rings (SSSR count). The molecule has 24 heavy (non-hydrogen) atoms. The summed E-state index contributed by atoms with van der Waals surface area (Å²) in [5, 5.41) is 2.77. The van der Waals surface area contributed by atoms with E-state index < -0.39 is 10.0 Å². The third kappa shape index (κ3) is 5.46. The molecule has 0 spiro atoms. The molecule has 1 aliphatic carbocycles. The van der Waals surface area contributed by atoms with Crippen LogP contribution >= 0.6 is 0 Å². The van der Waals surface area contributed by atoms with Crippen LogP contribution < -0.4 is 10.0 Å². The van der Waals surface area contributed by atoms with Gasteiger partial charge in [0.15, 0.2) is 0 Å². The fraction of sp³-hybridized carbons (Fsp3) is 0.500. The Bertz CT molecular complexity index is 724. The zero-order valence-electron chi connectivity index (χ0n) is 14.4. The van der Waals surface area contributed by atoms with E-state index in [0.29, 0.717) is 12.1 Å². The van der Waals surface area contributed by atoms with E-state index in [-0.39, 0.29) is 17.3 Å². The monoisotopic (exact) mass is 350 g/mol. The Morgan fingerprint density at radius 2 is 2.00 bits per heavy atom.